The Hall–Kier alpha value is -1.47. The van der Waals surface area contributed by atoms with Gasteiger partial charge in [0, 0.05) is 12.7 Å². The second kappa shape index (κ2) is 5.04. The molecule has 0 radical (unpaired) electrons. The molecule has 1 aromatic rings. The number of hydrogen-bond acceptors (Lipinski definition) is 1. The van der Waals surface area contributed by atoms with Crippen LogP contribution in [-0.2, 0) is 10.9 Å². The summed E-state index contributed by atoms with van der Waals surface area (Å²) in [7, 11) is 1.48. The van der Waals surface area contributed by atoms with Gasteiger partial charge in [0.05, 0.1) is 5.56 Å². The molecule has 0 aliphatic carbocycles. The predicted molar refractivity (Wildman–Crippen MR) is 54.9 cm³/mol. The molecule has 1 aromatic carbocycles. The van der Waals surface area contributed by atoms with Crippen LogP contribution < -0.4 is 0 Å². The lowest BCUT2D eigenvalue weighted by Crippen LogP contribution is -2.05. The summed E-state index contributed by atoms with van der Waals surface area (Å²) in [5.74, 6) is 5.24. The fourth-order valence-electron chi connectivity index (χ4n) is 1.23. The Morgan fingerprint density at radius 2 is 1.94 bits per heavy atom. The Kier molecular flexibility index (Phi) is 3.97. The first-order chi connectivity index (χ1) is 7.43. The zero-order chi connectivity index (χ0) is 12.2. The second-order valence-corrected chi connectivity index (χ2v) is 3.32. The summed E-state index contributed by atoms with van der Waals surface area (Å²) in [6.07, 6.45) is -4.33. The van der Waals surface area contributed by atoms with Crippen LogP contribution in [0, 0.1) is 18.8 Å². The molecule has 0 heterocycles. The van der Waals surface area contributed by atoms with Crippen LogP contribution in [0.1, 0.15) is 16.7 Å². The minimum atomic E-state index is -4.33. The summed E-state index contributed by atoms with van der Waals surface area (Å²) in [6.45, 7) is 1.81. The summed E-state index contributed by atoms with van der Waals surface area (Å²) in [4.78, 5) is 0. The molecule has 0 fully saturated rings. The van der Waals surface area contributed by atoms with Crippen molar-refractivity contribution in [3.8, 4) is 11.8 Å². The standard InChI is InChI=1S/C12H11F3O/c1-9-6-10(4-3-5-16-2)8-11(7-9)12(13,14)15/h6-8H,5H2,1-2H3. The van der Waals surface area contributed by atoms with E-state index < -0.39 is 11.7 Å². The molecule has 0 saturated heterocycles. The molecular formula is C12H11F3O. The van der Waals surface area contributed by atoms with Crippen molar-refractivity contribution >= 4 is 0 Å². The molecule has 86 valence electrons. The maximum Gasteiger partial charge on any atom is 0.416 e. The van der Waals surface area contributed by atoms with E-state index in [1.54, 1.807) is 13.0 Å². The smallest absolute Gasteiger partial charge is 0.372 e. The van der Waals surface area contributed by atoms with Gasteiger partial charge in [0.15, 0.2) is 0 Å². The summed E-state index contributed by atoms with van der Waals surface area (Å²) in [5.41, 5.74) is 0.218. The fourth-order valence-corrected chi connectivity index (χ4v) is 1.23. The fraction of sp³-hybridized carbons (Fsp3) is 0.333. The van der Waals surface area contributed by atoms with Crippen LogP contribution in [-0.4, -0.2) is 13.7 Å². The molecule has 0 aliphatic heterocycles. The van der Waals surface area contributed by atoms with Crippen molar-refractivity contribution in [3.63, 3.8) is 0 Å². The molecule has 1 rings (SSSR count). The number of alkyl halides is 3. The van der Waals surface area contributed by atoms with Crippen LogP contribution in [0.25, 0.3) is 0 Å². The maximum absolute atomic E-state index is 12.5. The number of aryl methyl sites for hydroxylation is 1. The third-order valence-electron chi connectivity index (χ3n) is 1.85. The zero-order valence-electron chi connectivity index (χ0n) is 8.98. The molecule has 0 amide bonds. The van der Waals surface area contributed by atoms with Gasteiger partial charge in [-0.2, -0.15) is 13.2 Å². The molecule has 0 saturated carbocycles. The highest BCUT2D eigenvalue weighted by molar-refractivity contribution is 5.41. The van der Waals surface area contributed by atoms with Gasteiger partial charge in [-0.1, -0.05) is 11.8 Å². The van der Waals surface area contributed by atoms with Gasteiger partial charge in [-0.05, 0) is 30.7 Å². The average Bonchev–Trinajstić information content (AvgIpc) is 2.16. The molecule has 0 N–H and O–H groups in total. The van der Waals surface area contributed by atoms with E-state index in [4.69, 9.17) is 4.74 Å². The van der Waals surface area contributed by atoms with Gasteiger partial charge in [-0.25, -0.2) is 0 Å². The topological polar surface area (TPSA) is 9.23 Å². The van der Waals surface area contributed by atoms with E-state index in [9.17, 15) is 13.2 Å². The van der Waals surface area contributed by atoms with E-state index in [2.05, 4.69) is 11.8 Å². The summed E-state index contributed by atoms with van der Waals surface area (Å²) in [6, 6.07) is 3.75. The van der Waals surface area contributed by atoms with E-state index in [0.717, 1.165) is 12.1 Å². The van der Waals surface area contributed by atoms with E-state index >= 15 is 0 Å². The Bertz CT molecular complexity index is 424. The van der Waals surface area contributed by atoms with Crippen LogP contribution in [0.3, 0.4) is 0 Å². The van der Waals surface area contributed by atoms with Crippen molar-refractivity contribution in [2.75, 3.05) is 13.7 Å². The van der Waals surface area contributed by atoms with E-state index in [1.165, 1.54) is 7.11 Å². The molecule has 0 spiro atoms. The molecule has 0 unspecified atom stereocenters. The summed E-state index contributed by atoms with van der Waals surface area (Å²) >= 11 is 0. The summed E-state index contributed by atoms with van der Waals surface area (Å²) < 4.78 is 42.1. The van der Waals surface area contributed by atoms with Gasteiger partial charge in [-0.15, -0.1) is 0 Å². The Labute approximate surface area is 92.2 Å². The molecule has 0 atom stereocenters. The Morgan fingerprint density at radius 1 is 1.25 bits per heavy atom. The van der Waals surface area contributed by atoms with Gasteiger partial charge in [-0.3, -0.25) is 0 Å². The van der Waals surface area contributed by atoms with Crippen molar-refractivity contribution in [2.45, 2.75) is 13.1 Å². The number of benzene rings is 1. The number of ether oxygens (including phenoxy) is 1. The zero-order valence-corrected chi connectivity index (χ0v) is 8.98. The predicted octanol–water partition coefficient (Wildman–Crippen LogP) is 3.01. The molecule has 0 bridgehead atoms. The molecule has 0 aromatic heterocycles. The quantitative estimate of drug-likeness (QED) is 0.671. The largest absolute Gasteiger partial charge is 0.416 e. The van der Waals surface area contributed by atoms with Crippen LogP contribution in [0.4, 0.5) is 13.2 Å². The highest BCUT2D eigenvalue weighted by Crippen LogP contribution is 2.30. The van der Waals surface area contributed by atoms with Crippen LogP contribution in [0.5, 0.6) is 0 Å². The first kappa shape index (κ1) is 12.6. The molecule has 16 heavy (non-hydrogen) atoms. The lowest BCUT2D eigenvalue weighted by Gasteiger charge is -2.07. The number of halogens is 3. The minimum absolute atomic E-state index is 0.204. The molecule has 0 aliphatic rings. The first-order valence-electron chi connectivity index (χ1n) is 4.60. The van der Waals surface area contributed by atoms with Gasteiger partial charge < -0.3 is 4.74 Å². The normalized spacial score (nSPS) is 10.8. The maximum atomic E-state index is 12.5. The van der Waals surface area contributed by atoms with Crippen LogP contribution in [0.2, 0.25) is 0 Å². The third kappa shape index (κ3) is 3.59. The Morgan fingerprint density at radius 3 is 2.50 bits per heavy atom. The van der Waals surface area contributed by atoms with E-state index in [0.29, 0.717) is 11.1 Å². The minimum Gasteiger partial charge on any atom is -0.372 e. The van der Waals surface area contributed by atoms with Crippen LogP contribution >= 0.6 is 0 Å². The first-order valence-corrected chi connectivity index (χ1v) is 4.60. The number of rotatable bonds is 1. The van der Waals surface area contributed by atoms with Crippen LogP contribution in [0.15, 0.2) is 18.2 Å². The van der Waals surface area contributed by atoms with Gasteiger partial charge >= 0.3 is 6.18 Å². The van der Waals surface area contributed by atoms with E-state index in [-0.39, 0.29) is 6.61 Å². The van der Waals surface area contributed by atoms with E-state index in [1.807, 2.05) is 0 Å². The second-order valence-electron chi connectivity index (χ2n) is 3.32. The highest BCUT2D eigenvalue weighted by Gasteiger charge is 2.30. The Balaban J connectivity index is 3.05. The summed E-state index contributed by atoms with van der Waals surface area (Å²) in [5, 5.41) is 0. The average molecular weight is 228 g/mol. The lowest BCUT2D eigenvalue weighted by molar-refractivity contribution is -0.137. The van der Waals surface area contributed by atoms with Gasteiger partial charge in [0.25, 0.3) is 0 Å². The SMILES string of the molecule is COCC#Cc1cc(C)cc(C(F)(F)F)c1. The third-order valence-corrected chi connectivity index (χ3v) is 1.85. The highest BCUT2D eigenvalue weighted by atomic mass is 19.4. The molecular weight excluding hydrogens is 217 g/mol. The molecule has 4 heteroatoms. The molecule has 1 nitrogen and oxygen atoms in total. The van der Waals surface area contributed by atoms with Crippen molar-refractivity contribution < 1.29 is 17.9 Å². The number of methoxy groups -OCH3 is 1. The monoisotopic (exact) mass is 228 g/mol. The van der Waals surface area contributed by atoms with Crippen molar-refractivity contribution in [1.82, 2.24) is 0 Å². The van der Waals surface area contributed by atoms with Gasteiger partial charge in [0.2, 0.25) is 0 Å². The van der Waals surface area contributed by atoms with Gasteiger partial charge in [0.1, 0.15) is 6.61 Å². The van der Waals surface area contributed by atoms with Crippen molar-refractivity contribution in [2.24, 2.45) is 0 Å². The number of hydrogen-bond donors (Lipinski definition) is 0. The van der Waals surface area contributed by atoms with Crippen molar-refractivity contribution in [3.05, 3.63) is 34.9 Å². The lowest BCUT2D eigenvalue weighted by atomic mass is 10.1. The van der Waals surface area contributed by atoms with Crippen molar-refractivity contribution in [1.29, 1.82) is 0 Å².